The Balaban J connectivity index is 3.11. The average Bonchev–Trinajstić information content (AvgIpc) is 2.17. The van der Waals surface area contributed by atoms with E-state index in [0.717, 1.165) is 6.07 Å². The molecular formula is C10H5F3N2. The number of hydrogen-bond acceptors (Lipinski definition) is 2. The Morgan fingerprint density at radius 1 is 1.40 bits per heavy atom. The van der Waals surface area contributed by atoms with Gasteiger partial charge in [0.05, 0.1) is 18.1 Å². The van der Waals surface area contributed by atoms with E-state index in [1.54, 1.807) is 6.07 Å². The molecule has 0 aromatic carbocycles. The Hall–Kier alpha value is -2.01. The lowest BCUT2D eigenvalue weighted by atomic mass is 10.2. The van der Waals surface area contributed by atoms with Crippen molar-refractivity contribution in [1.29, 1.82) is 5.26 Å². The Bertz CT molecular complexity index is 446. The molecule has 1 rings (SSSR count). The molecule has 1 aromatic rings. The summed E-state index contributed by atoms with van der Waals surface area (Å²) in [5.41, 5.74) is -1.23. The largest absolute Gasteiger partial charge is 0.419 e. The molecule has 1 aromatic heterocycles. The molecule has 1 heterocycles. The fourth-order valence-electron chi connectivity index (χ4n) is 0.901. The van der Waals surface area contributed by atoms with Gasteiger partial charge in [0.1, 0.15) is 5.69 Å². The average molecular weight is 210 g/mol. The summed E-state index contributed by atoms with van der Waals surface area (Å²) in [4.78, 5) is 3.51. The molecule has 0 aliphatic carbocycles. The second kappa shape index (κ2) is 4.47. The summed E-state index contributed by atoms with van der Waals surface area (Å²) >= 11 is 0. The zero-order valence-electron chi connectivity index (χ0n) is 7.47. The predicted molar refractivity (Wildman–Crippen MR) is 46.3 cm³/mol. The number of nitriles is 1. The van der Waals surface area contributed by atoms with Crippen LogP contribution in [0.4, 0.5) is 13.2 Å². The molecule has 15 heavy (non-hydrogen) atoms. The van der Waals surface area contributed by atoms with Gasteiger partial charge in [-0.25, -0.2) is 4.98 Å². The van der Waals surface area contributed by atoms with Crippen molar-refractivity contribution in [3.8, 4) is 17.9 Å². The summed E-state index contributed by atoms with van der Waals surface area (Å²) in [7, 11) is 0. The molecule has 0 bridgehead atoms. The molecule has 0 amide bonds. The van der Waals surface area contributed by atoms with Crippen LogP contribution in [0.15, 0.2) is 18.3 Å². The van der Waals surface area contributed by atoms with Crippen LogP contribution in [0.3, 0.4) is 0 Å². The van der Waals surface area contributed by atoms with Crippen LogP contribution in [-0.4, -0.2) is 4.98 Å². The first-order valence-corrected chi connectivity index (χ1v) is 3.93. The molecule has 0 N–H and O–H groups in total. The van der Waals surface area contributed by atoms with Crippen molar-refractivity contribution in [2.75, 3.05) is 0 Å². The molecule has 0 unspecified atom stereocenters. The molecule has 0 aliphatic heterocycles. The summed E-state index contributed by atoms with van der Waals surface area (Å²) in [6.45, 7) is 0. The Morgan fingerprint density at radius 3 is 2.73 bits per heavy atom. The molecule has 0 radical (unpaired) electrons. The van der Waals surface area contributed by atoms with Crippen LogP contribution in [0, 0.1) is 23.2 Å². The highest BCUT2D eigenvalue weighted by Gasteiger charge is 2.33. The number of alkyl halides is 3. The fourth-order valence-corrected chi connectivity index (χ4v) is 0.901. The maximum atomic E-state index is 12.4. The smallest absolute Gasteiger partial charge is 0.247 e. The predicted octanol–water partition coefficient (Wildman–Crippen LogP) is 2.37. The molecule has 0 saturated heterocycles. The van der Waals surface area contributed by atoms with Gasteiger partial charge in [0.25, 0.3) is 0 Å². The van der Waals surface area contributed by atoms with E-state index < -0.39 is 11.7 Å². The first-order chi connectivity index (χ1) is 7.05. The van der Waals surface area contributed by atoms with Gasteiger partial charge in [0, 0.05) is 6.20 Å². The molecule has 5 heteroatoms. The summed E-state index contributed by atoms with van der Waals surface area (Å²) in [5, 5.41) is 8.18. The fraction of sp³-hybridized carbons (Fsp3) is 0.200. The minimum Gasteiger partial charge on any atom is -0.247 e. The van der Waals surface area contributed by atoms with Gasteiger partial charge in [-0.05, 0) is 18.1 Å². The monoisotopic (exact) mass is 210 g/mol. The molecule has 0 aliphatic rings. The molecule has 0 atom stereocenters. The second-order valence-corrected chi connectivity index (χ2v) is 2.53. The van der Waals surface area contributed by atoms with Crippen LogP contribution in [0.1, 0.15) is 17.7 Å². The number of nitrogens with zero attached hydrogens (tertiary/aromatic N) is 2. The van der Waals surface area contributed by atoms with Gasteiger partial charge in [0.2, 0.25) is 0 Å². The van der Waals surface area contributed by atoms with Crippen molar-refractivity contribution in [3.05, 3.63) is 29.6 Å². The topological polar surface area (TPSA) is 36.7 Å². The number of aromatic nitrogens is 1. The molecule has 0 saturated carbocycles. The summed E-state index contributed by atoms with van der Waals surface area (Å²) < 4.78 is 37.2. The number of pyridine rings is 1. The van der Waals surface area contributed by atoms with Gasteiger partial charge < -0.3 is 0 Å². The minimum absolute atomic E-state index is 0.117. The van der Waals surface area contributed by atoms with Crippen LogP contribution in [0.5, 0.6) is 0 Å². The second-order valence-electron chi connectivity index (χ2n) is 2.53. The van der Waals surface area contributed by atoms with Gasteiger partial charge in [-0.1, -0.05) is 5.92 Å². The molecule has 2 nitrogen and oxygen atoms in total. The lowest BCUT2D eigenvalue weighted by molar-refractivity contribution is -0.138. The molecule has 0 spiro atoms. The number of rotatable bonds is 0. The van der Waals surface area contributed by atoms with Crippen molar-refractivity contribution in [3.63, 3.8) is 0 Å². The van der Waals surface area contributed by atoms with Crippen LogP contribution in [0.2, 0.25) is 0 Å². The lowest BCUT2D eigenvalue weighted by Gasteiger charge is -2.06. The number of hydrogen-bond donors (Lipinski definition) is 0. The van der Waals surface area contributed by atoms with E-state index in [2.05, 4.69) is 16.8 Å². The van der Waals surface area contributed by atoms with Gasteiger partial charge in [0.15, 0.2) is 0 Å². The third-order valence-corrected chi connectivity index (χ3v) is 1.49. The highest BCUT2D eigenvalue weighted by Crippen LogP contribution is 2.30. The van der Waals surface area contributed by atoms with E-state index in [-0.39, 0.29) is 12.1 Å². The van der Waals surface area contributed by atoms with E-state index >= 15 is 0 Å². The third kappa shape index (κ3) is 2.99. The van der Waals surface area contributed by atoms with Gasteiger partial charge in [-0.2, -0.15) is 18.4 Å². The van der Waals surface area contributed by atoms with Crippen LogP contribution in [0.25, 0.3) is 0 Å². The molecular weight excluding hydrogens is 205 g/mol. The van der Waals surface area contributed by atoms with Crippen molar-refractivity contribution in [1.82, 2.24) is 4.98 Å². The molecule has 0 fully saturated rings. The summed E-state index contributed by atoms with van der Waals surface area (Å²) in [5.74, 6) is 4.51. The summed E-state index contributed by atoms with van der Waals surface area (Å²) in [6, 6.07) is 3.81. The van der Waals surface area contributed by atoms with E-state index in [1.165, 1.54) is 12.3 Å². The van der Waals surface area contributed by atoms with E-state index in [4.69, 9.17) is 5.26 Å². The number of halogens is 3. The zero-order valence-corrected chi connectivity index (χ0v) is 7.47. The van der Waals surface area contributed by atoms with E-state index in [0.29, 0.717) is 0 Å². The first kappa shape index (κ1) is 11.1. The highest BCUT2D eigenvalue weighted by molar-refractivity contribution is 5.37. The van der Waals surface area contributed by atoms with Crippen molar-refractivity contribution in [2.45, 2.75) is 12.6 Å². The summed E-state index contributed by atoms with van der Waals surface area (Å²) in [6.07, 6.45) is -3.36. The normalized spacial score (nSPS) is 10.0. The third-order valence-electron chi connectivity index (χ3n) is 1.49. The first-order valence-electron chi connectivity index (χ1n) is 3.93. The maximum absolute atomic E-state index is 12.4. The molecule has 76 valence electrons. The van der Waals surface area contributed by atoms with Gasteiger partial charge in [-0.15, -0.1) is 0 Å². The van der Waals surface area contributed by atoms with E-state index in [9.17, 15) is 13.2 Å². The standard InChI is InChI=1S/C10H5F3N2/c11-10(12,13)8-4-3-7-15-9(8)5-1-2-6-14/h3-4,7H,2H2. The Morgan fingerprint density at radius 2 is 2.13 bits per heavy atom. The van der Waals surface area contributed by atoms with Crippen molar-refractivity contribution >= 4 is 0 Å². The van der Waals surface area contributed by atoms with Crippen molar-refractivity contribution < 1.29 is 13.2 Å². The zero-order chi connectivity index (χ0) is 11.3. The van der Waals surface area contributed by atoms with Gasteiger partial charge in [-0.3, -0.25) is 0 Å². The van der Waals surface area contributed by atoms with Crippen LogP contribution < -0.4 is 0 Å². The minimum atomic E-state index is -4.47. The lowest BCUT2D eigenvalue weighted by Crippen LogP contribution is -2.08. The van der Waals surface area contributed by atoms with Crippen molar-refractivity contribution in [2.24, 2.45) is 0 Å². The highest BCUT2D eigenvalue weighted by atomic mass is 19.4. The SMILES string of the molecule is N#CCC#Cc1ncccc1C(F)(F)F. The maximum Gasteiger partial charge on any atom is 0.419 e. The Kier molecular flexibility index (Phi) is 3.30. The van der Waals surface area contributed by atoms with E-state index in [1.807, 2.05) is 0 Å². The quantitative estimate of drug-likeness (QED) is 0.616. The van der Waals surface area contributed by atoms with Crippen LogP contribution in [-0.2, 0) is 6.18 Å². The Labute approximate surface area is 84.4 Å². The van der Waals surface area contributed by atoms with Gasteiger partial charge >= 0.3 is 6.18 Å². The van der Waals surface area contributed by atoms with Crippen LogP contribution >= 0.6 is 0 Å².